The molecule has 0 N–H and O–H groups in total. The first kappa shape index (κ1) is 13.8. The number of halogens is 1. The summed E-state index contributed by atoms with van der Waals surface area (Å²) in [4.78, 5) is 0. The van der Waals surface area contributed by atoms with Gasteiger partial charge in [-0.15, -0.1) is 11.6 Å². The van der Waals surface area contributed by atoms with Crippen molar-refractivity contribution < 1.29 is 21.7 Å². The molecule has 0 aromatic heterocycles. The van der Waals surface area contributed by atoms with Gasteiger partial charge in [0.25, 0.3) is 0 Å². The van der Waals surface area contributed by atoms with Crippen LogP contribution in [0.4, 0.5) is 0 Å². The Hall–Kier alpha value is 0.266. The Balaban J connectivity index is 0. The molecule has 0 spiro atoms. The molecular formula is C8H9BrMgO. The predicted molar refractivity (Wildman–Crippen MR) is 42.3 cm³/mol. The van der Waals surface area contributed by atoms with Gasteiger partial charge in [-0.05, 0) is 0 Å². The predicted octanol–water partition coefficient (Wildman–Crippen LogP) is -1.57. The van der Waals surface area contributed by atoms with Crippen LogP contribution >= 0.6 is 0 Å². The van der Waals surface area contributed by atoms with E-state index in [-0.39, 0.29) is 40.0 Å². The molecule has 0 fully saturated rings. The molecule has 0 unspecified atom stereocenters. The van der Waals surface area contributed by atoms with E-state index in [4.69, 9.17) is 4.74 Å². The van der Waals surface area contributed by atoms with Gasteiger partial charge in [0.2, 0.25) is 0 Å². The van der Waals surface area contributed by atoms with Gasteiger partial charge >= 0.3 is 23.1 Å². The molecule has 0 saturated heterocycles. The summed E-state index contributed by atoms with van der Waals surface area (Å²) in [6.07, 6.45) is 0. The number of aryl methyl sites for hydroxylation is 1. The summed E-state index contributed by atoms with van der Waals surface area (Å²) in [5.41, 5.74) is 1.06. The second-order valence-electron chi connectivity index (χ2n) is 1.86. The Morgan fingerprint density at radius 3 is 2.45 bits per heavy atom. The average molecular weight is 225 g/mol. The van der Waals surface area contributed by atoms with Gasteiger partial charge in [-0.2, -0.15) is 18.2 Å². The minimum atomic E-state index is 0. The van der Waals surface area contributed by atoms with E-state index in [1.165, 1.54) is 0 Å². The molecule has 0 saturated carbocycles. The van der Waals surface area contributed by atoms with E-state index in [0.717, 1.165) is 11.3 Å². The largest absolute Gasteiger partial charge is 2.00 e. The molecule has 0 aliphatic carbocycles. The van der Waals surface area contributed by atoms with Crippen LogP contribution in [0.1, 0.15) is 5.56 Å². The molecule has 0 bridgehead atoms. The van der Waals surface area contributed by atoms with Crippen LogP contribution in [0, 0.1) is 13.0 Å². The summed E-state index contributed by atoms with van der Waals surface area (Å²) in [6, 6.07) is 8.73. The van der Waals surface area contributed by atoms with Crippen molar-refractivity contribution in [2.45, 2.75) is 6.92 Å². The smallest absolute Gasteiger partial charge is 1.00 e. The fourth-order valence-corrected chi connectivity index (χ4v) is 0.726. The first-order valence-corrected chi connectivity index (χ1v) is 2.86. The van der Waals surface area contributed by atoms with E-state index in [0.29, 0.717) is 0 Å². The van der Waals surface area contributed by atoms with Crippen LogP contribution in [0.3, 0.4) is 0 Å². The van der Waals surface area contributed by atoms with Crippen molar-refractivity contribution >= 4 is 23.1 Å². The third-order valence-electron chi connectivity index (χ3n) is 1.23. The molecule has 3 heteroatoms. The van der Waals surface area contributed by atoms with Gasteiger partial charge in [0.15, 0.2) is 0 Å². The van der Waals surface area contributed by atoms with Crippen molar-refractivity contribution in [2.24, 2.45) is 0 Å². The summed E-state index contributed by atoms with van der Waals surface area (Å²) in [5.74, 6) is 0.900. The van der Waals surface area contributed by atoms with E-state index >= 15 is 0 Å². The van der Waals surface area contributed by atoms with Gasteiger partial charge in [-0.1, -0.05) is 6.92 Å². The monoisotopic (exact) mass is 224 g/mol. The molecule has 0 amide bonds. The van der Waals surface area contributed by atoms with Crippen LogP contribution in [-0.2, 0) is 0 Å². The van der Waals surface area contributed by atoms with Crippen LogP contribution in [0.25, 0.3) is 0 Å². The van der Waals surface area contributed by atoms with Gasteiger partial charge in [0.1, 0.15) is 0 Å². The Bertz CT molecular complexity index is 203. The maximum Gasteiger partial charge on any atom is 2.00 e. The van der Waals surface area contributed by atoms with Gasteiger partial charge < -0.3 is 21.7 Å². The van der Waals surface area contributed by atoms with Crippen LogP contribution in [0.15, 0.2) is 18.2 Å². The quantitative estimate of drug-likeness (QED) is 0.414. The van der Waals surface area contributed by atoms with Crippen molar-refractivity contribution in [2.75, 3.05) is 7.11 Å². The van der Waals surface area contributed by atoms with Crippen molar-refractivity contribution in [1.29, 1.82) is 0 Å². The molecule has 11 heavy (non-hydrogen) atoms. The Labute approximate surface area is 94.1 Å². The molecule has 1 nitrogen and oxygen atoms in total. The molecule has 0 aliphatic heterocycles. The number of hydrogen-bond donors (Lipinski definition) is 0. The minimum Gasteiger partial charge on any atom is -1.00 e. The average Bonchev–Trinajstić information content (AvgIpc) is 1.89. The maximum absolute atomic E-state index is 5.01. The van der Waals surface area contributed by atoms with Crippen LogP contribution < -0.4 is 21.7 Å². The van der Waals surface area contributed by atoms with Gasteiger partial charge in [0, 0.05) is 5.75 Å². The van der Waals surface area contributed by atoms with Crippen LogP contribution in [-0.4, -0.2) is 30.2 Å². The Morgan fingerprint density at radius 1 is 1.45 bits per heavy atom. The zero-order valence-electron chi connectivity index (χ0n) is 6.73. The minimum absolute atomic E-state index is 0. The van der Waals surface area contributed by atoms with Crippen molar-refractivity contribution in [3.8, 4) is 5.75 Å². The number of methoxy groups -OCH3 is 1. The van der Waals surface area contributed by atoms with E-state index in [2.05, 4.69) is 6.07 Å². The van der Waals surface area contributed by atoms with Crippen LogP contribution in [0.2, 0.25) is 0 Å². The standard InChI is InChI=1S/C8H9O.BrH.Mg/c1-7-5-3-4-6-8(7)9-2;;/h3-4,6H,1-2H3;1H;/q-1;;+2/p-1. The molecule has 0 atom stereocenters. The molecule has 56 valence electrons. The second kappa shape index (κ2) is 6.94. The van der Waals surface area contributed by atoms with E-state index < -0.39 is 0 Å². The topological polar surface area (TPSA) is 9.23 Å². The molecule has 0 aliphatic rings. The second-order valence-corrected chi connectivity index (χ2v) is 1.86. The van der Waals surface area contributed by atoms with Gasteiger partial charge in [-0.25, -0.2) is 0 Å². The van der Waals surface area contributed by atoms with Gasteiger partial charge in [0.05, 0.1) is 7.11 Å². The van der Waals surface area contributed by atoms with Crippen molar-refractivity contribution in [3.05, 3.63) is 29.8 Å². The fraction of sp³-hybridized carbons (Fsp3) is 0.250. The Morgan fingerprint density at radius 2 is 2.09 bits per heavy atom. The number of rotatable bonds is 1. The third-order valence-corrected chi connectivity index (χ3v) is 1.23. The van der Waals surface area contributed by atoms with E-state index in [9.17, 15) is 0 Å². The molecule has 1 rings (SSSR count). The zero-order chi connectivity index (χ0) is 6.69. The number of benzene rings is 1. The molecule has 0 radical (unpaired) electrons. The van der Waals surface area contributed by atoms with Gasteiger partial charge in [-0.3, -0.25) is 0 Å². The third kappa shape index (κ3) is 3.99. The molecule has 1 aromatic rings. The first-order chi connectivity index (χ1) is 4.34. The summed E-state index contributed by atoms with van der Waals surface area (Å²) < 4.78 is 5.01. The number of hydrogen-bond acceptors (Lipinski definition) is 1. The summed E-state index contributed by atoms with van der Waals surface area (Å²) in [5, 5.41) is 0. The molecular weight excluding hydrogens is 216 g/mol. The fourth-order valence-electron chi connectivity index (χ4n) is 0.726. The van der Waals surface area contributed by atoms with Crippen molar-refractivity contribution in [1.82, 2.24) is 0 Å². The maximum atomic E-state index is 5.01. The Kier molecular flexibility index (Phi) is 8.73. The summed E-state index contributed by atoms with van der Waals surface area (Å²) in [6.45, 7) is 1.97. The van der Waals surface area contributed by atoms with E-state index in [1.807, 2.05) is 25.1 Å². The first-order valence-electron chi connectivity index (χ1n) is 2.86. The SMILES string of the molecule is COc1ccc[c-]c1C.[Br-].[Mg+2]. The zero-order valence-corrected chi connectivity index (χ0v) is 9.73. The normalized spacial score (nSPS) is 7.45. The summed E-state index contributed by atoms with van der Waals surface area (Å²) in [7, 11) is 1.66. The van der Waals surface area contributed by atoms with Crippen LogP contribution in [0.5, 0.6) is 5.75 Å². The number of ether oxygens (including phenoxy) is 1. The molecule has 1 aromatic carbocycles. The summed E-state index contributed by atoms with van der Waals surface area (Å²) >= 11 is 0. The molecule has 0 heterocycles. The van der Waals surface area contributed by atoms with E-state index in [1.54, 1.807) is 7.11 Å². The van der Waals surface area contributed by atoms with Crippen molar-refractivity contribution in [3.63, 3.8) is 0 Å².